The highest BCUT2D eigenvalue weighted by molar-refractivity contribution is 5.67. The van der Waals surface area contributed by atoms with Gasteiger partial charge in [-0.25, -0.2) is 0 Å². The second kappa shape index (κ2) is 5.93. The van der Waals surface area contributed by atoms with E-state index < -0.39 is 5.97 Å². The Kier molecular flexibility index (Phi) is 4.28. The molecule has 1 aromatic rings. The van der Waals surface area contributed by atoms with Crippen molar-refractivity contribution < 1.29 is 9.90 Å². The summed E-state index contributed by atoms with van der Waals surface area (Å²) in [6.45, 7) is 3.78. The van der Waals surface area contributed by atoms with Crippen LogP contribution in [0.5, 0.6) is 0 Å². The lowest BCUT2D eigenvalue weighted by molar-refractivity contribution is -0.138. The Morgan fingerprint density at radius 2 is 2.17 bits per heavy atom. The zero-order valence-electron chi connectivity index (χ0n) is 10.6. The first-order valence-corrected chi connectivity index (χ1v) is 6.21. The van der Waals surface area contributed by atoms with Crippen LogP contribution < -0.4 is 0 Å². The van der Waals surface area contributed by atoms with E-state index >= 15 is 0 Å². The Labute approximate surface area is 107 Å². The van der Waals surface area contributed by atoms with E-state index in [9.17, 15) is 4.79 Å². The summed E-state index contributed by atoms with van der Waals surface area (Å²) in [6, 6.07) is 3.75. The molecule has 0 bridgehead atoms. The van der Waals surface area contributed by atoms with Crippen LogP contribution in [0.1, 0.15) is 18.0 Å². The van der Waals surface area contributed by atoms with Crippen molar-refractivity contribution in [2.45, 2.75) is 12.5 Å². The monoisotopic (exact) mass is 249 g/mol. The molecule has 1 aromatic heterocycles. The lowest BCUT2D eigenvalue weighted by Crippen LogP contribution is -2.46. The summed E-state index contributed by atoms with van der Waals surface area (Å²) in [5.41, 5.74) is 0.990. The van der Waals surface area contributed by atoms with Crippen LogP contribution in [0.4, 0.5) is 0 Å². The smallest absolute Gasteiger partial charge is 0.305 e. The van der Waals surface area contributed by atoms with Gasteiger partial charge in [0.05, 0.1) is 6.42 Å². The molecule has 1 atom stereocenters. The number of aromatic nitrogens is 1. The van der Waals surface area contributed by atoms with Crippen molar-refractivity contribution >= 4 is 5.97 Å². The van der Waals surface area contributed by atoms with E-state index in [1.54, 1.807) is 12.4 Å². The summed E-state index contributed by atoms with van der Waals surface area (Å²) in [7, 11) is 2.09. The molecule has 18 heavy (non-hydrogen) atoms. The van der Waals surface area contributed by atoms with Crippen molar-refractivity contribution in [3.8, 4) is 0 Å². The normalized spacial score (nSPS) is 19.6. The van der Waals surface area contributed by atoms with Gasteiger partial charge in [0.25, 0.3) is 0 Å². The molecule has 0 radical (unpaired) electrons. The van der Waals surface area contributed by atoms with Crippen LogP contribution in [-0.4, -0.2) is 59.1 Å². The molecule has 0 aromatic carbocycles. The highest BCUT2D eigenvalue weighted by atomic mass is 16.4. The molecule has 1 aliphatic rings. The Balaban J connectivity index is 2.12. The van der Waals surface area contributed by atoms with Crippen molar-refractivity contribution in [2.24, 2.45) is 0 Å². The summed E-state index contributed by atoms with van der Waals surface area (Å²) < 4.78 is 0. The van der Waals surface area contributed by atoms with Gasteiger partial charge in [-0.3, -0.25) is 14.7 Å². The first kappa shape index (κ1) is 13.0. The van der Waals surface area contributed by atoms with Crippen LogP contribution in [0.2, 0.25) is 0 Å². The van der Waals surface area contributed by atoms with Crippen molar-refractivity contribution in [3.63, 3.8) is 0 Å². The third kappa shape index (κ3) is 3.27. The summed E-state index contributed by atoms with van der Waals surface area (Å²) in [6.07, 6.45) is 3.62. The van der Waals surface area contributed by atoms with Gasteiger partial charge in [-0.2, -0.15) is 0 Å². The van der Waals surface area contributed by atoms with Gasteiger partial charge in [0.1, 0.15) is 0 Å². The van der Waals surface area contributed by atoms with Crippen molar-refractivity contribution in [3.05, 3.63) is 30.1 Å². The number of nitrogens with zero attached hydrogens (tertiary/aromatic N) is 3. The standard InChI is InChI=1S/C13H19N3O2/c1-15-5-7-16(8-6-15)12(9-13(17)18)11-3-2-4-14-10-11/h2-4,10,12H,5-9H2,1H3,(H,17,18). The third-order valence-electron chi connectivity index (χ3n) is 3.42. The van der Waals surface area contributed by atoms with Crippen LogP contribution in [-0.2, 0) is 4.79 Å². The number of likely N-dealkylation sites (N-methyl/N-ethyl adjacent to an activating group) is 1. The number of carboxylic acid groups (broad SMARTS) is 1. The zero-order valence-corrected chi connectivity index (χ0v) is 10.6. The number of pyridine rings is 1. The second-order valence-corrected chi connectivity index (χ2v) is 4.74. The molecule has 0 aliphatic carbocycles. The topological polar surface area (TPSA) is 56.7 Å². The maximum atomic E-state index is 11.0. The van der Waals surface area contributed by atoms with Crippen LogP contribution in [0.15, 0.2) is 24.5 Å². The first-order chi connectivity index (χ1) is 8.66. The molecule has 5 nitrogen and oxygen atoms in total. The number of hydrogen-bond donors (Lipinski definition) is 1. The summed E-state index contributed by atoms with van der Waals surface area (Å²) in [4.78, 5) is 19.6. The molecule has 5 heteroatoms. The lowest BCUT2D eigenvalue weighted by Gasteiger charge is -2.37. The minimum Gasteiger partial charge on any atom is -0.481 e. The van der Waals surface area contributed by atoms with Crippen LogP contribution in [0.25, 0.3) is 0 Å². The zero-order chi connectivity index (χ0) is 13.0. The molecule has 0 amide bonds. The molecule has 2 heterocycles. The van der Waals surface area contributed by atoms with Crippen LogP contribution in [0, 0.1) is 0 Å². The molecule has 0 saturated carbocycles. The van der Waals surface area contributed by atoms with Crippen molar-refractivity contribution in [2.75, 3.05) is 33.2 Å². The van der Waals surface area contributed by atoms with Gasteiger partial charge >= 0.3 is 5.97 Å². The van der Waals surface area contributed by atoms with Crippen LogP contribution in [0.3, 0.4) is 0 Å². The van der Waals surface area contributed by atoms with Gasteiger partial charge in [0, 0.05) is 44.6 Å². The Morgan fingerprint density at radius 1 is 1.44 bits per heavy atom. The molecular weight excluding hydrogens is 230 g/mol. The number of hydrogen-bond acceptors (Lipinski definition) is 4. The molecule has 2 rings (SSSR count). The van der Waals surface area contributed by atoms with E-state index in [2.05, 4.69) is 21.8 Å². The highest BCUT2D eigenvalue weighted by Crippen LogP contribution is 2.24. The van der Waals surface area contributed by atoms with E-state index in [-0.39, 0.29) is 12.5 Å². The Hall–Kier alpha value is -1.46. The molecule has 1 N–H and O–H groups in total. The quantitative estimate of drug-likeness (QED) is 0.857. The predicted molar refractivity (Wildman–Crippen MR) is 68.3 cm³/mol. The van der Waals surface area contributed by atoms with E-state index in [1.807, 2.05) is 12.1 Å². The van der Waals surface area contributed by atoms with E-state index in [4.69, 9.17) is 5.11 Å². The second-order valence-electron chi connectivity index (χ2n) is 4.74. The first-order valence-electron chi connectivity index (χ1n) is 6.21. The summed E-state index contributed by atoms with van der Waals surface area (Å²) in [5, 5.41) is 9.07. The maximum absolute atomic E-state index is 11.0. The molecule has 1 unspecified atom stereocenters. The van der Waals surface area contributed by atoms with E-state index in [1.165, 1.54) is 0 Å². The predicted octanol–water partition coefficient (Wildman–Crippen LogP) is 0.845. The molecule has 1 fully saturated rings. The SMILES string of the molecule is CN1CCN(C(CC(=O)O)c2cccnc2)CC1. The number of rotatable bonds is 4. The van der Waals surface area contributed by atoms with Crippen molar-refractivity contribution in [1.82, 2.24) is 14.8 Å². The molecule has 1 saturated heterocycles. The molecule has 0 spiro atoms. The average molecular weight is 249 g/mol. The van der Waals surface area contributed by atoms with Gasteiger partial charge in [-0.15, -0.1) is 0 Å². The Bertz CT molecular complexity index is 388. The van der Waals surface area contributed by atoms with E-state index in [0.29, 0.717) is 0 Å². The lowest BCUT2D eigenvalue weighted by atomic mass is 10.0. The number of carbonyl (C=O) groups is 1. The average Bonchev–Trinajstić information content (AvgIpc) is 2.38. The maximum Gasteiger partial charge on any atom is 0.305 e. The van der Waals surface area contributed by atoms with Gasteiger partial charge in [0.15, 0.2) is 0 Å². The third-order valence-corrected chi connectivity index (χ3v) is 3.42. The van der Waals surface area contributed by atoms with E-state index in [0.717, 1.165) is 31.7 Å². The fraction of sp³-hybridized carbons (Fsp3) is 0.538. The fourth-order valence-corrected chi connectivity index (χ4v) is 2.33. The van der Waals surface area contributed by atoms with Crippen molar-refractivity contribution in [1.29, 1.82) is 0 Å². The molecule has 98 valence electrons. The largest absolute Gasteiger partial charge is 0.481 e. The number of carboxylic acids is 1. The fourth-order valence-electron chi connectivity index (χ4n) is 2.33. The number of aliphatic carboxylic acids is 1. The minimum absolute atomic E-state index is 0.0649. The van der Waals surface area contributed by atoms with Gasteiger partial charge in [-0.1, -0.05) is 6.07 Å². The molecule has 1 aliphatic heterocycles. The number of piperazine rings is 1. The highest BCUT2D eigenvalue weighted by Gasteiger charge is 2.25. The van der Waals surface area contributed by atoms with Crippen LogP contribution >= 0.6 is 0 Å². The molecular formula is C13H19N3O2. The summed E-state index contributed by atoms with van der Waals surface area (Å²) >= 11 is 0. The minimum atomic E-state index is -0.761. The van der Waals surface area contributed by atoms with Gasteiger partial charge < -0.3 is 10.0 Å². The van der Waals surface area contributed by atoms with Gasteiger partial charge in [0.2, 0.25) is 0 Å². The Morgan fingerprint density at radius 3 is 2.72 bits per heavy atom. The van der Waals surface area contributed by atoms with Gasteiger partial charge in [-0.05, 0) is 18.7 Å². The summed E-state index contributed by atoms with van der Waals surface area (Å²) in [5.74, 6) is -0.761.